The molecule has 22 heavy (non-hydrogen) atoms. The third kappa shape index (κ3) is 2.62. The van der Waals surface area contributed by atoms with Crippen LogP contribution in [0.1, 0.15) is 25.5 Å². The molecule has 7 heteroatoms. The number of nitrogens with one attached hydrogen (secondary N) is 1. The summed E-state index contributed by atoms with van der Waals surface area (Å²) in [5.41, 5.74) is 4.10. The molecule has 1 unspecified atom stereocenters. The van der Waals surface area contributed by atoms with Crippen molar-refractivity contribution in [2.45, 2.75) is 25.5 Å². The Hall–Kier alpha value is -2.90. The first-order valence-electron chi connectivity index (χ1n) is 7.05. The number of nitriles is 2. The van der Waals surface area contributed by atoms with Gasteiger partial charge in [-0.05, 0) is 25.3 Å². The van der Waals surface area contributed by atoms with Crippen LogP contribution in [0.4, 0.5) is 5.69 Å². The molecule has 1 fully saturated rings. The number of hydrogen-bond acceptors (Lipinski definition) is 6. The maximum atomic E-state index is 8.75. The Balaban J connectivity index is 2.00. The van der Waals surface area contributed by atoms with Gasteiger partial charge in [0.2, 0.25) is 5.71 Å². The van der Waals surface area contributed by atoms with Crippen LogP contribution in [0.2, 0.25) is 0 Å². The van der Waals surface area contributed by atoms with Gasteiger partial charge in [-0.25, -0.2) is 4.68 Å². The topological polar surface area (TPSA) is 99.0 Å². The molecule has 2 heterocycles. The van der Waals surface area contributed by atoms with Crippen LogP contribution in [-0.4, -0.2) is 22.1 Å². The van der Waals surface area contributed by atoms with E-state index in [1.165, 1.54) is 0 Å². The Bertz CT molecular complexity index is 772. The molecule has 2 aromatic rings. The molecule has 3 rings (SSSR count). The highest BCUT2D eigenvalue weighted by molar-refractivity contribution is 6.10. The van der Waals surface area contributed by atoms with Crippen LogP contribution in [-0.2, 0) is 4.74 Å². The van der Waals surface area contributed by atoms with E-state index in [1.54, 1.807) is 18.3 Å². The molecule has 0 saturated carbocycles. The minimum absolute atomic E-state index is 0.0930. The summed E-state index contributed by atoms with van der Waals surface area (Å²) in [5.74, 6) is 0. The Labute approximate surface area is 127 Å². The largest absolute Gasteiger partial charge is 0.356 e. The van der Waals surface area contributed by atoms with Crippen LogP contribution < -0.4 is 5.43 Å². The van der Waals surface area contributed by atoms with E-state index < -0.39 is 0 Å². The summed E-state index contributed by atoms with van der Waals surface area (Å²) in [5, 5.41) is 26.7. The fourth-order valence-corrected chi connectivity index (χ4v) is 2.52. The minimum atomic E-state index is -0.225. The first-order valence-corrected chi connectivity index (χ1v) is 7.05. The standard InChI is InChI=1S/C15H14N6O/c16-8-12(9-17)19-20-13-5-3-4-11-10-18-21(15(11)13)14-6-1-2-7-22-14/h3-5,10,14,20H,1-2,6-7H2. The average Bonchev–Trinajstić information content (AvgIpc) is 3.01. The number of hydrazone groups is 1. The summed E-state index contributed by atoms with van der Waals surface area (Å²) in [7, 11) is 0. The fourth-order valence-electron chi connectivity index (χ4n) is 2.52. The van der Waals surface area contributed by atoms with E-state index in [2.05, 4.69) is 15.6 Å². The van der Waals surface area contributed by atoms with Gasteiger partial charge in [0.25, 0.3) is 0 Å². The van der Waals surface area contributed by atoms with Gasteiger partial charge in [0.15, 0.2) is 6.23 Å². The number of benzene rings is 1. The minimum Gasteiger partial charge on any atom is -0.356 e. The molecular formula is C15H14N6O. The monoisotopic (exact) mass is 294 g/mol. The third-order valence-corrected chi connectivity index (χ3v) is 3.55. The van der Waals surface area contributed by atoms with Gasteiger partial charge in [-0.1, -0.05) is 12.1 Å². The maximum Gasteiger partial charge on any atom is 0.237 e. The average molecular weight is 294 g/mol. The molecule has 1 aliphatic heterocycles. The van der Waals surface area contributed by atoms with E-state index in [9.17, 15) is 0 Å². The fraction of sp³-hybridized carbons (Fsp3) is 0.333. The van der Waals surface area contributed by atoms with Crippen molar-refractivity contribution < 1.29 is 4.74 Å². The molecule has 1 atom stereocenters. The van der Waals surface area contributed by atoms with E-state index in [4.69, 9.17) is 15.3 Å². The van der Waals surface area contributed by atoms with E-state index >= 15 is 0 Å². The number of aromatic nitrogens is 2. The Morgan fingerprint density at radius 2 is 2.23 bits per heavy atom. The molecule has 110 valence electrons. The molecule has 1 aromatic carbocycles. The summed E-state index contributed by atoms with van der Waals surface area (Å²) in [6.07, 6.45) is 4.77. The van der Waals surface area contributed by atoms with Crippen molar-refractivity contribution in [2.75, 3.05) is 12.0 Å². The molecule has 1 N–H and O–H groups in total. The van der Waals surface area contributed by atoms with Gasteiger partial charge >= 0.3 is 0 Å². The predicted octanol–water partition coefficient (Wildman–Crippen LogP) is 2.55. The molecule has 7 nitrogen and oxygen atoms in total. The molecule has 1 saturated heterocycles. The van der Waals surface area contributed by atoms with Crippen molar-refractivity contribution in [3.8, 4) is 12.1 Å². The zero-order valence-corrected chi connectivity index (χ0v) is 11.9. The van der Waals surface area contributed by atoms with Crippen molar-refractivity contribution >= 4 is 22.3 Å². The van der Waals surface area contributed by atoms with Gasteiger partial charge in [-0.15, -0.1) is 0 Å². The highest BCUT2D eigenvalue weighted by Gasteiger charge is 2.20. The number of rotatable bonds is 3. The first kappa shape index (κ1) is 14.1. The summed E-state index contributed by atoms with van der Waals surface area (Å²) in [4.78, 5) is 0. The van der Waals surface area contributed by atoms with Crippen LogP contribution in [0, 0.1) is 22.7 Å². The normalized spacial score (nSPS) is 17.5. The second-order valence-corrected chi connectivity index (χ2v) is 4.95. The van der Waals surface area contributed by atoms with Gasteiger partial charge in [0, 0.05) is 12.0 Å². The number of para-hydroxylation sites is 1. The number of nitrogens with zero attached hydrogens (tertiary/aromatic N) is 5. The Kier molecular flexibility index (Phi) is 3.99. The third-order valence-electron chi connectivity index (χ3n) is 3.55. The summed E-state index contributed by atoms with van der Waals surface area (Å²) >= 11 is 0. The number of ether oxygens (including phenoxy) is 1. The smallest absolute Gasteiger partial charge is 0.237 e. The lowest BCUT2D eigenvalue weighted by Gasteiger charge is -2.24. The molecule has 1 aromatic heterocycles. The molecule has 0 spiro atoms. The van der Waals surface area contributed by atoms with Gasteiger partial charge in [0.05, 0.1) is 17.4 Å². The molecule has 0 bridgehead atoms. The van der Waals surface area contributed by atoms with Crippen molar-refractivity contribution in [1.29, 1.82) is 10.5 Å². The van der Waals surface area contributed by atoms with Gasteiger partial charge in [-0.2, -0.15) is 20.7 Å². The van der Waals surface area contributed by atoms with Gasteiger partial charge in [-0.3, -0.25) is 5.43 Å². The van der Waals surface area contributed by atoms with Crippen LogP contribution in [0.3, 0.4) is 0 Å². The van der Waals surface area contributed by atoms with E-state index in [0.29, 0.717) is 5.69 Å². The Morgan fingerprint density at radius 3 is 2.95 bits per heavy atom. The lowest BCUT2D eigenvalue weighted by Crippen LogP contribution is -2.19. The van der Waals surface area contributed by atoms with E-state index in [-0.39, 0.29) is 11.9 Å². The summed E-state index contributed by atoms with van der Waals surface area (Å²) in [6, 6.07) is 9.09. The molecule has 0 amide bonds. The highest BCUT2D eigenvalue weighted by atomic mass is 16.5. The van der Waals surface area contributed by atoms with Crippen molar-refractivity contribution in [1.82, 2.24) is 9.78 Å². The first-order chi connectivity index (χ1) is 10.8. The van der Waals surface area contributed by atoms with Crippen LogP contribution >= 0.6 is 0 Å². The van der Waals surface area contributed by atoms with E-state index in [1.807, 2.05) is 22.9 Å². The number of anilines is 1. The van der Waals surface area contributed by atoms with Crippen LogP contribution in [0.5, 0.6) is 0 Å². The zero-order valence-electron chi connectivity index (χ0n) is 11.9. The second kappa shape index (κ2) is 6.25. The zero-order chi connectivity index (χ0) is 15.4. The summed E-state index contributed by atoms with van der Waals surface area (Å²) in [6.45, 7) is 0.729. The van der Waals surface area contributed by atoms with Crippen LogP contribution in [0.25, 0.3) is 10.9 Å². The van der Waals surface area contributed by atoms with Gasteiger partial charge in [0.1, 0.15) is 12.1 Å². The van der Waals surface area contributed by atoms with Crippen molar-refractivity contribution in [2.24, 2.45) is 5.10 Å². The maximum absolute atomic E-state index is 8.75. The van der Waals surface area contributed by atoms with Crippen molar-refractivity contribution in [3.63, 3.8) is 0 Å². The molecule has 1 aliphatic rings. The Morgan fingerprint density at radius 1 is 1.36 bits per heavy atom. The SMILES string of the molecule is N#CC(C#N)=NNc1cccc2cnn(C3CCCCO3)c12. The molecule has 0 aliphatic carbocycles. The van der Waals surface area contributed by atoms with Crippen molar-refractivity contribution in [3.05, 3.63) is 24.4 Å². The quantitative estimate of drug-likeness (QED) is 0.692. The lowest BCUT2D eigenvalue weighted by molar-refractivity contribution is -0.0366. The highest BCUT2D eigenvalue weighted by Crippen LogP contribution is 2.30. The predicted molar refractivity (Wildman–Crippen MR) is 80.9 cm³/mol. The van der Waals surface area contributed by atoms with E-state index in [0.717, 1.165) is 36.8 Å². The molecular weight excluding hydrogens is 280 g/mol. The molecule has 0 radical (unpaired) electrons. The van der Waals surface area contributed by atoms with Gasteiger partial charge < -0.3 is 4.74 Å². The second-order valence-electron chi connectivity index (χ2n) is 4.95. The summed E-state index contributed by atoms with van der Waals surface area (Å²) < 4.78 is 7.62. The number of fused-ring (bicyclic) bond motifs is 1. The lowest BCUT2D eigenvalue weighted by atomic mass is 10.2. The van der Waals surface area contributed by atoms with Crippen LogP contribution in [0.15, 0.2) is 29.5 Å². The number of hydrogen-bond donors (Lipinski definition) is 1.